The lowest BCUT2D eigenvalue weighted by molar-refractivity contribution is 0.503. The molecule has 10 heteroatoms. The zero-order chi connectivity index (χ0) is 18.4. The summed E-state index contributed by atoms with van der Waals surface area (Å²) < 4.78 is 32.1. The molecule has 0 bridgehead atoms. The predicted octanol–water partition coefficient (Wildman–Crippen LogP) is 2.36. The minimum absolute atomic E-state index is 0.0120. The Morgan fingerprint density at radius 1 is 1.08 bits per heavy atom. The van der Waals surface area contributed by atoms with Gasteiger partial charge in [0.05, 0.1) is 17.7 Å². The molecule has 0 amide bonds. The van der Waals surface area contributed by atoms with Crippen molar-refractivity contribution in [2.24, 2.45) is 0 Å². The Kier molecular flexibility index (Phi) is 5.44. The highest BCUT2D eigenvalue weighted by Gasteiger charge is 2.15. The number of sulfonamides is 1. The molecular weight excluding hydrogens is 374 g/mol. The third-order valence-corrected chi connectivity index (χ3v) is 4.81. The largest absolute Gasteiger partial charge is 0.467 e. The molecule has 3 rings (SSSR count). The average Bonchev–Trinajstić information content (AvgIpc) is 3.14. The highest BCUT2D eigenvalue weighted by Crippen LogP contribution is 2.16. The summed E-state index contributed by atoms with van der Waals surface area (Å²) in [6.07, 6.45) is 4.49. The topological polar surface area (TPSA) is 109 Å². The number of hydrogen-bond donors (Lipinski definition) is 3. The van der Waals surface area contributed by atoms with Crippen LogP contribution < -0.4 is 15.4 Å². The summed E-state index contributed by atoms with van der Waals surface area (Å²) in [5, 5.41) is 6.36. The summed E-state index contributed by atoms with van der Waals surface area (Å²) in [7, 11) is -3.76. The molecule has 0 spiro atoms. The molecule has 1 aromatic carbocycles. The van der Waals surface area contributed by atoms with Gasteiger partial charge in [0.15, 0.2) is 5.11 Å². The van der Waals surface area contributed by atoms with Crippen LogP contribution in [0.3, 0.4) is 0 Å². The summed E-state index contributed by atoms with van der Waals surface area (Å²) in [6.45, 7) is 0.451. The van der Waals surface area contributed by atoms with Gasteiger partial charge in [-0.15, -0.1) is 0 Å². The SMILES string of the molecule is O=S(=O)(Nc1ncccn1)c1ccc(NC(=S)NCc2ccco2)cc1. The highest BCUT2D eigenvalue weighted by atomic mass is 32.2. The van der Waals surface area contributed by atoms with Crippen LogP contribution in [0.2, 0.25) is 0 Å². The van der Waals surface area contributed by atoms with Gasteiger partial charge in [-0.2, -0.15) is 0 Å². The van der Waals surface area contributed by atoms with Crippen LogP contribution >= 0.6 is 12.2 Å². The number of nitrogens with zero attached hydrogens (tertiary/aromatic N) is 2. The molecule has 0 aliphatic heterocycles. The second kappa shape index (κ2) is 7.93. The zero-order valence-corrected chi connectivity index (χ0v) is 15.0. The summed E-state index contributed by atoms with van der Waals surface area (Å²) >= 11 is 5.19. The third kappa shape index (κ3) is 4.77. The number of hydrogen-bond acceptors (Lipinski definition) is 6. The fraction of sp³-hybridized carbons (Fsp3) is 0.0625. The minimum Gasteiger partial charge on any atom is -0.467 e. The molecule has 0 aliphatic rings. The monoisotopic (exact) mass is 389 g/mol. The molecule has 134 valence electrons. The third-order valence-electron chi connectivity index (χ3n) is 3.22. The molecule has 0 saturated carbocycles. The maximum absolute atomic E-state index is 12.3. The molecule has 2 heterocycles. The lowest BCUT2D eigenvalue weighted by Gasteiger charge is -2.10. The van der Waals surface area contributed by atoms with Crippen molar-refractivity contribution in [2.45, 2.75) is 11.4 Å². The van der Waals surface area contributed by atoms with Crippen molar-refractivity contribution in [3.8, 4) is 0 Å². The van der Waals surface area contributed by atoms with E-state index in [1.54, 1.807) is 30.5 Å². The molecule has 0 unspecified atom stereocenters. The molecule has 8 nitrogen and oxygen atoms in total. The van der Waals surface area contributed by atoms with Crippen molar-refractivity contribution in [3.63, 3.8) is 0 Å². The van der Waals surface area contributed by atoms with E-state index in [0.717, 1.165) is 5.76 Å². The van der Waals surface area contributed by atoms with E-state index in [0.29, 0.717) is 17.3 Å². The van der Waals surface area contributed by atoms with E-state index >= 15 is 0 Å². The number of nitrogens with one attached hydrogen (secondary N) is 3. The molecular formula is C16H15N5O3S2. The second-order valence-corrected chi connectivity index (χ2v) is 7.18. The van der Waals surface area contributed by atoms with Crippen LogP contribution in [0.5, 0.6) is 0 Å². The quantitative estimate of drug-likeness (QED) is 0.551. The second-order valence-electron chi connectivity index (χ2n) is 5.09. The normalized spacial score (nSPS) is 10.9. The van der Waals surface area contributed by atoms with Crippen molar-refractivity contribution >= 4 is 39.0 Å². The Labute approximate surface area is 155 Å². The standard InChI is InChI=1S/C16H15N5O3S2/c22-26(23,21-15-17-8-2-9-18-15)14-6-4-12(5-7-14)20-16(25)19-11-13-3-1-10-24-13/h1-10H,11H2,(H,17,18,21)(H2,19,20,25). The van der Waals surface area contributed by atoms with Crippen LogP contribution in [0.4, 0.5) is 11.6 Å². The van der Waals surface area contributed by atoms with E-state index in [1.165, 1.54) is 24.5 Å². The molecule has 0 radical (unpaired) electrons. The van der Waals surface area contributed by atoms with Crippen LogP contribution in [-0.4, -0.2) is 23.5 Å². The zero-order valence-electron chi connectivity index (χ0n) is 13.4. The van der Waals surface area contributed by atoms with Gasteiger partial charge in [0, 0.05) is 18.1 Å². The Bertz CT molecular complexity index is 959. The number of anilines is 2. The van der Waals surface area contributed by atoms with E-state index in [1.807, 2.05) is 6.07 Å². The highest BCUT2D eigenvalue weighted by molar-refractivity contribution is 7.92. The predicted molar refractivity (Wildman–Crippen MR) is 101 cm³/mol. The first-order valence-corrected chi connectivity index (χ1v) is 9.39. The van der Waals surface area contributed by atoms with Crippen molar-refractivity contribution in [1.82, 2.24) is 15.3 Å². The van der Waals surface area contributed by atoms with Crippen LogP contribution in [-0.2, 0) is 16.6 Å². The van der Waals surface area contributed by atoms with Gasteiger partial charge < -0.3 is 15.1 Å². The Balaban J connectivity index is 1.59. The molecule has 3 aromatic rings. The lowest BCUT2D eigenvalue weighted by Crippen LogP contribution is -2.27. The maximum atomic E-state index is 12.3. The molecule has 26 heavy (non-hydrogen) atoms. The molecule has 3 N–H and O–H groups in total. The molecule has 0 saturated heterocycles. The number of thiocarbonyl (C=S) groups is 1. The molecule has 0 atom stereocenters. The molecule has 0 fully saturated rings. The van der Waals surface area contributed by atoms with Crippen LogP contribution in [0.15, 0.2) is 70.4 Å². The number of rotatable bonds is 6. The average molecular weight is 389 g/mol. The first-order chi connectivity index (χ1) is 12.5. The van der Waals surface area contributed by atoms with Gasteiger partial charge in [-0.25, -0.2) is 23.1 Å². The van der Waals surface area contributed by atoms with Crippen molar-refractivity contribution in [1.29, 1.82) is 0 Å². The fourth-order valence-corrected chi connectivity index (χ4v) is 3.15. The van der Waals surface area contributed by atoms with Crippen LogP contribution in [0, 0.1) is 0 Å². The summed E-state index contributed by atoms with van der Waals surface area (Å²) in [4.78, 5) is 7.77. The maximum Gasteiger partial charge on any atom is 0.264 e. The number of aromatic nitrogens is 2. The van der Waals surface area contributed by atoms with Gasteiger partial charge in [-0.3, -0.25) is 0 Å². The van der Waals surface area contributed by atoms with Gasteiger partial charge in [0.2, 0.25) is 5.95 Å². The fourth-order valence-electron chi connectivity index (χ4n) is 2.00. The van der Waals surface area contributed by atoms with E-state index in [-0.39, 0.29) is 10.8 Å². The van der Waals surface area contributed by atoms with Crippen LogP contribution in [0.1, 0.15) is 5.76 Å². The smallest absolute Gasteiger partial charge is 0.264 e. The number of benzene rings is 1. The summed E-state index contributed by atoms with van der Waals surface area (Å²) in [6, 6.07) is 11.4. The van der Waals surface area contributed by atoms with E-state index < -0.39 is 10.0 Å². The van der Waals surface area contributed by atoms with Crippen LogP contribution in [0.25, 0.3) is 0 Å². The Morgan fingerprint density at radius 2 is 1.81 bits per heavy atom. The minimum atomic E-state index is -3.76. The molecule has 2 aromatic heterocycles. The van der Waals surface area contributed by atoms with Gasteiger partial charge >= 0.3 is 0 Å². The van der Waals surface area contributed by atoms with Gasteiger partial charge in [-0.05, 0) is 54.7 Å². The Hall–Kier alpha value is -2.98. The van der Waals surface area contributed by atoms with Crippen molar-refractivity contribution in [3.05, 3.63) is 66.9 Å². The van der Waals surface area contributed by atoms with Gasteiger partial charge in [0.25, 0.3) is 10.0 Å². The van der Waals surface area contributed by atoms with E-state index in [2.05, 4.69) is 25.3 Å². The summed E-state index contributed by atoms with van der Waals surface area (Å²) in [5.74, 6) is 0.766. The Morgan fingerprint density at radius 3 is 2.46 bits per heavy atom. The lowest BCUT2D eigenvalue weighted by atomic mass is 10.3. The van der Waals surface area contributed by atoms with Gasteiger partial charge in [0.1, 0.15) is 5.76 Å². The number of furan rings is 1. The van der Waals surface area contributed by atoms with Crippen molar-refractivity contribution < 1.29 is 12.8 Å². The van der Waals surface area contributed by atoms with E-state index in [4.69, 9.17) is 16.6 Å². The first kappa shape index (κ1) is 17.8. The first-order valence-electron chi connectivity index (χ1n) is 7.50. The van der Waals surface area contributed by atoms with Gasteiger partial charge in [-0.1, -0.05) is 0 Å². The summed E-state index contributed by atoms with van der Waals surface area (Å²) in [5.41, 5.74) is 0.650. The molecule has 0 aliphatic carbocycles. The van der Waals surface area contributed by atoms with E-state index in [9.17, 15) is 8.42 Å². The van der Waals surface area contributed by atoms with Crippen molar-refractivity contribution in [2.75, 3.05) is 10.0 Å².